The SMILES string of the molecule is CCC1CCNC(C2(F)CCCNCC2)C1. The van der Waals surface area contributed by atoms with Gasteiger partial charge in [-0.3, -0.25) is 0 Å². The first-order valence-electron chi connectivity index (χ1n) is 6.87. The molecule has 2 fully saturated rings. The van der Waals surface area contributed by atoms with E-state index in [4.69, 9.17) is 0 Å². The lowest BCUT2D eigenvalue weighted by atomic mass is 9.79. The van der Waals surface area contributed by atoms with Gasteiger partial charge in [0.15, 0.2) is 0 Å². The van der Waals surface area contributed by atoms with E-state index in [1.54, 1.807) is 0 Å². The van der Waals surface area contributed by atoms with Crippen LogP contribution in [0.5, 0.6) is 0 Å². The first kappa shape index (κ1) is 12.3. The van der Waals surface area contributed by atoms with Gasteiger partial charge in [0.25, 0.3) is 0 Å². The summed E-state index contributed by atoms with van der Waals surface area (Å²) in [6, 6.07) is 0.103. The van der Waals surface area contributed by atoms with E-state index in [1.807, 2.05) is 0 Å². The molecule has 2 aliphatic rings. The monoisotopic (exact) mass is 228 g/mol. The Morgan fingerprint density at radius 3 is 2.94 bits per heavy atom. The lowest BCUT2D eigenvalue weighted by Crippen LogP contribution is -2.52. The van der Waals surface area contributed by atoms with Gasteiger partial charge in [-0.15, -0.1) is 0 Å². The van der Waals surface area contributed by atoms with E-state index in [2.05, 4.69) is 17.6 Å². The van der Waals surface area contributed by atoms with Gasteiger partial charge >= 0.3 is 0 Å². The fourth-order valence-corrected chi connectivity index (χ4v) is 3.16. The van der Waals surface area contributed by atoms with Crippen molar-refractivity contribution in [1.82, 2.24) is 10.6 Å². The van der Waals surface area contributed by atoms with E-state index in [-0.39, 0.29) is 6.04 Å². The second kappa shape index (κ2) is 5.46. The average Bonchev–Trinajstić information content (AvgIpc) is 2.55. The van der Waals surface area contributed by atoms with Crippen molar-refractivity contribution >= 4 is 0 Å². The van der Waals surface area contributed by atoms with Crippen LogP contribution < -0.4 is 10.6 Å². The first-order valence-corrected chi connectivity index (χ1v) is 6.87. The normalized spacial score (nSPS) is 41.6. The summed E-state index contributed by atoms with van der Waals surface area (Å²) in [5.41, 5.74) is -0.961. The molecule has 0 aromatic carbocycles. The number of alkyl halides is 1. The quantitative estimate of drug-likeness (QED) is 0.757. The maximum absolute atomic E-state index is 14.9. The summed E-state index contributed by atoms with van der Waals surface area (Å²) in [7, 11) is 0. The molecule has 0 amide bonds. The van der Waals surface area contributed by atoms with Crippen LogP contribution >= 0.6 is 0 Å². The number of nitrogens with one attached hydrogen (secondary N) is 2. The van der Waals surface area contributed by atoms with E-state index < -0.39 is 5.67 Å². The molecule has 94 valence electrons. The zero-order chi connectivity index (χ0) is 11.4. The minimum Gasteiger partial charge on any atom is -0.317 e. The summed E-state index contributed by atoms with van der Waals surface area (Å²) < 4.78 is 14.9. The molecular weight excluding hydrogens is 203 g/mol. The maximum Gasteiger partial charge on any atom is 0.127 e. The van der Waals surface area contributed by atoms with Crippen LogP contribution in [0.25, 0.3) is 0 Å². The standard InChI is InChI=1S/C13H25FN2/c1-2-11-4-8-16-12(10-11)13(14)5-3-7-15-9-6-13/h11-12,15-16H,2-10H2,1H3. The van der Waals surface area contributed by atoms with Crippen molar-refractivity contribution in [1.29, 1.82) is 0 Å². The van der Waals surface area contributed by atoms with E-state index in [9.17, 15) is 4.39 Å². The predicted molar refractivity (Wildman–Crippen MR) is 65.4 cm³/mol. The van der Waals surface area contributed by atoms with Gasteiger partial charge in [0.2, 0.25) is 0 Å². The van der Waals surface area contributed by atoms with Crippen LogP contribution in [0.15, 0.2) is 0 Å². The Balaban J connectivity index is 1.97. The first-order chi connectivity index (χ1) is 7.74. The van der Waals surface area contributed by atoms with Gasteiger partial charge in [-0.1, -0.05) is 13.3 Å². The highest BCUT2D eigenvalue weighted by atomic mass is 19.1. The zero-order valence-electron chi connectivity index (χ0n) is 10.4. The minimum absolute atomic E-state index is 0.103. The number of halogens is 1. The van der Waals surface area contributed by atoms with Crippen LogP contribution in [-0.4, -0.2) is 31.3 Å². The molecule has 0 saturated carbocycles. The third kappa shape index (κ3) is 2.75. The highest BCUT2D eigenvalue weighted by Crippen LogP contribution is 2.34. The summed E-state index contributed by atoms with van der Waals surface area (Å²) in [6.07, 6.45) is 5.85. The van der Waals surface area contributed by atoms with Crippen molar-refractivity contribution < 1.29 is 4.39 Å². The van der Waals surface area contributed by atoms with Gasteiger partial charge in [0.1, 0.15) is 5.67 Å². The molecule has 0 bridgehead atoms. The fourth-order valence-electron chi connectivity index (χ4n) is 3.16. The van der Waals surface area contributed by atoms with Crippen LogP contribution in [0.2, 0.25) is 0 Å². The van der Waals surface area contributed by atoms with E-state index in [0.717, 1.165) is 44.8 Å². The van der Waals surface area contributed by atoms with E-state index in [0.29, 0.717) is 6.42 Å². The van der Waals surface area contributed by atoms with E-state index in [1.165, 1.54) is 12.8 Å². The number of piperidine rings is 1. The van der Waals surface area contributed by atoms with Crippen LogP contribution in [0.1, 0.15) is 45.4 Å². The molecule has 0 spiro atoms. The molecule has 3 atom stereocenters. The Morgan fingerprint density at radius 1 is 1.25 bits per heavy atom. The summed E-state index contributed by atoms with van der Waals surface area (Å²) in [5, 5.41) is 6.72. The molecule has 3 unspecified atom stereocenters. The van der Waals surface area contributed by atoms with Gasteiger partial charge in [-0.05, 0) is 57.7 Å². The Kier molecular flexibility index (Phi) is 4.20. The molecule has 2 rings (SSSR count). The highest BCUT2D eigenvalue weighted by molar-refractivity contribution is 4.97. The second-order valence-electron chi connectivity index (χ2n) is 5.44. The number of hydrogen-bond donors (Lipinski definition) is 2. The molecule has 0 aromatic rings. The summed E-state index contributed by atoms with van der Waals surface area (Å²) in [5.74, 6) is 0.732. The molecule has 0 aromatic heterocycles. The third-order valence-corrected chi connectivity index (χ3v) is 4.38. The summed E-state index contributed by atoms with van der Waals surface area (Å²) >= 11 is 0. The van der Waals surface area contributed by atoms with Crippen molar-refractivity contribution in [2.24, 2.45) is 5.92 Å². The average molecular weight is 228 g/mol. The molecule has 2 heterocycles. The van der Waals surface area contributed by atoms with E-state index >= 15 is 0 Å². The van der Waals surface area contributed by atoms with Crippen LogP contribution in [-0.2, 0) is 0 Å². The Labute approximate surface area is 98.4 Å². The van der Waals surface area contributed by atoms with Crippen LogP contribution in [0.3, 0.4) is 0 Å². The topological polar surface area (TPSA) is 24.1 Å². The summed E-state index contributed by atoms with van der Waals surface area (Å²) in [6.45, 7) is 5.05. The highest BCUT2D eigenvalue weighted by Gasteiger charge is 2.41. The van der Waals surface area contributed by atoms with Gasteiger partial charge in [-0.2, -0.15) is 0 Å². The Morgan fingerprint density at radius 2 is 2.12 bits per heavy atom. The minimum atomic E-state index is -0.961. The molecule has 2 N–H and O–H groups in total. The molecule has 16 heavy (non-hydrogen) atoms. The van der Waals surface area contributed by atoms with Crippen LogP contribution in [0.4, 0.5) is 4.39 Å². The number of rotatable bonds is 2. The fraction of sp³-hybridized carbons (Fsp3) is 1.00. The van der Waals surface area contributed by atoms with Crippen molar-refractivity contribution in [3.05, 3.63) is 0 Å². The van der Waals surface area contributed by atoms with Crippen LogP contribution in [0, 0.1) is 5.92 Å². The molecule has 3 heteroatoms. The molecule has 2 aliphatic heterocycles. The van der Waals surface area contributed by atoms with Gasteiger partial charge < -0.3 is 10.6 Å². The van der Waals surface area contributed by atoms with Crippen molar-refractivity contribution in [3.63, 3.8) is 0 Å². The van der Waals surface area contributed by atoms with Crippen molar-refractivity contribution in [2.75, 3.05) is 19.6 Å². The second-order valence-corrected chi connectivity index (χ2v) is 5.44. The summed E-state index contributed by atoms with van der Waals surface area (Å²) in [4.78, 5) is 0. The third-order valence-electron chi connectivity index (χ3n) is 4.38. The van der Waals surface area contributed by atoms with Crippen molar-refractivity contribution in [3.8, 4) is 0 Å². The van der Waals surface area contributed by atoms with Gasteiger partial charge in [-0.25, -0.2) is 4.39 Å². The molecule has 2 saturated heterocycles. The molecule has 0 aliphatic carbocycles. The molecule has 2 nitrogen and oxygen atoms in total. The molecular formula is C13H25FN2. The van der Waals surface area contributed by atoms with Gasteiger partial charge in [0, 0.05) is 6.04 Å². The van der Waals surface area contributed by atoms with Gasteiger partial charge in [0.05, 0.1) is 0 Å². The lowest BCUT2D eigenvalue weighted by molar-refractivity contribution is 0.0608. The zero-order valence-corrected chi connectivity index (χ0v) is 10.4. The largest absolute Gasteiger partial charge is 0.317 e. The predicted octanol–water partition coefficient (Wildman–Crippen LogP) is 2.25. The molecule has 0 radical (unpaired) electrons. The smallest absolute Gasteiger partial charge is 0.127 e. The number of hydrogen-bond acceptors (Lipinski definition) is 2. The Bertz CT molecular complexity index is 212. The lowest BCUT2D eigenvalue weighted by Gasteiger charge is -2.39. The van der Waals surface area contributed by atoms with Crippen molar-refractivity contribution in [2.45, 2.75) is 57.2 Å². The maximum atomic E-state index is 14.9. The Hall–Kier alpha value is -0.150.